The van der Waals surface area contributed by atoms with E-state index in [1.165, 1.54) is 12.1 Å². The van der Waals surface area contributed by atoms with E-state index in [0.29, 0.717) is 31.4 Å². The first-order valence-corrected chi connectivity index (χ1v) is 7.66. The van der Waals surface area contributed by atoms with Crippen LogP contribution in [0.4, 0.5) is 13.2 Å². The van der Waals surface area contributed by atoms with Gasteiger partial charge in [-0.3, -0.25) is 0 Å². The smallest absolute Gasteiger partial charge is 0.416 e. The van der Waals surface area contributed by atoms with Gasteiger partial charge in [0.2, 0.25) is 0 Å². The maximum absolute atomic E-state index is 12.6. The van der Waals surface area contributed by atoms with Crippen LogP contribution in [0.3, 0.4) is 0 Å². The molecule has 1 fully saturated rings. The molecule has 1 unspecified atom stereocenters. The first-order valence-electron chi connectivity index (χ1n) is 7.66. The molecule has 3 atom stereocenters. The molecule has 8 heteroatoms. The van der Waals surface area contributed by atoms with Crippen molar-refractivity contribution in [2.45, 2.75) is 44.1 Å². The van der Waals surface area contributed by atoms with Gasteiger partial charge in [-0.1, -0.05) is 11.2 Å². The van der Waals surface area contributed by atoms with Crippen molar-refractivity contribution in [1.82, 2.24) is 0 Å². The van der Waals surface area contributed by atoms with Gasteiger partial charge in [0.05, 0.1) is 23.5 Å². The Morgan fingerprint density at radius 1 is 1.33 bits per heavy atom. The summed E-state index contributed by atoms with van der Waals surface area (Å²) in [7, 11) is 0. The van der Waals surface area contributed by atoms with Gasteiger partial charge in [-0.25, -0.2) is 0 Å². The number of rotatable bonds is 6. The molecular formula is C16H20F3NO4. The second-order valence-electron chi connectivity index (χ2n) is 5.95. The molecule has 3 N–H and O–H groups in total. The molecule has 0 aliphatic heterocycles. The summed E-state index contributed by atoms with van der Waals surface area (Å²) in [6.07, 6.45) is -4.23. The lowest BCUT2D eigenvalue weighted by Gasteiger charge is -2.16. The number of aliphatic hydroxyl groups excluding tert-OH is 2. The quantitative estimate of drug-likeness (QED) is 0.546. The zero-order valence-electron chi connectivity index (χ0n) is 12.9. The molecule has 0 bridgehead atoms. The van der Waals surface area contributed by atoms with Gasteiger partial charge in [0, 0.05) is 12.3 Å². The second kappa shape index (κ2) is 7.85. The molecular weight excluding hydrogens is 327 g/mol. The van der Waals surface area contributed by atoms with E-state index in [9.17, 15) is 23.4 Å². The van der Waals surface area contributed by atoms with Crippen molar-refractivity contribution in [2.75, 3.05) is 6.61 Å². The number of hydrogen-bond acceptors (Lipinski definition) is 5. The van der Waals surface area contributed by atoms with E-state index in [2.05, 4.69) is 5.16 Å². The molecule has 0 saturated heterocycles. The average molecular weight is 347 g/mol. The number of hydrogen-bond donors (Lipinski definition) is 3. The first-order chi connectivity index (χ1) is 11.3. The van der Waals surface area contributed by atoms with Crippen molar-refractivity contribution in [3.63, 3.8) is 0 Å². The molecule has 134 valence electrons. The van der Waals surface area contributed by atoms with Crippen LogP contribution in [0.25, 0.3) is 0 Å². The number of ether oxygens (including phenoxy) is 1. The van der Waals surface area contributed by atoms with E-state index in [-0.39, 0.29) is 18.3 Å². The third-order valence-electron chi connectivity index (χ3n) is 4.05. The van der Waals surface area contributed by atoms with Crippen LogP contribution in [0.1, 0.15) is 31.2 Å². The highest BCUT2D eigenvalue weighted by molar-refractivity contribution is 5.88. The lowest BCUT2D eigenvalue weighted by molar-refractivity contribution is -0.137. The Balaban J connectivity index is 1.80. The Morgan fingerprint density at radius 2 is 2.08 bits per heavy atom. The van der Waals surface area contributed by atoms with Crippen molar-refractivity contribution < 1.29 is 33.3 Å². The molecule has 1 aromatic carbocycles. The summed E-state index contributed by atoms with van der Waals surface area (Å²) in [6.45, 7) is -0.137. The van der Waals surface area contributed by atoms with Crippen LogP contribution in [0.2, 0.25) is 0 Å². The van der Waals surface area contributed by atoms with E-state index in [4.69, 9.17) is 9.94 Å². The summed E-state index contributed by atoms with van der Waals surface area (Å²) in [5.41, 5.74) is -0.299. The molecule has 2 rings (SSSR count). The summed E-state index contributed by atoms with van der Waals surface area (Å²) in [5.74, 6) is -0.0639. The normalized spacial score (nSPS) is 24.3. The van der Waals surface area contributed by atoms with E-state index in [1.54, 1.807) is 0 Å². The van der Waals surface area contributed by atoms with Gasteiger partial charge in [-0.15, -0.1) is 0 Å². The van der Waals surface area contributed by atoms with Crippen LogP contribution in [0.5, 0.6) is 5.75 Å². The maximum Gasteiger partial charge on any atom is 0.416 e. The van der Waals surface area contributed by atoms with Crippen molar-refractivity contribution in [2.24, 2.45) is 11.1 Å². The topological polar surface area (TPSA) is 82.3 Å². The van der Waals surface area contributed by atoms with E-state index < -0.39 is 23.9 Å². The molecule has 1 aliphatic rings. The SMILES string of the molecule is O/N=C1/C[C@H](O)CC1CC[C@@H](O)COc1cccc(C(F)(F)F)c1. The summed E-state index contributed by atoms with van der Waals surface area (Å²) >= 11 is 0. The number of halogens is 3. The van der Waals surface area contributed by atoms with Gasteiger partial charge in [0.25, 0.3) is 0 Å². The molecule has 0 amide bonds. The number of nitrogens with zero attached hydrogens (tertiary/aromatic N) is 1. The van der Waals surface area contributed by atoms with E-state index in [0.717, 1.165) is 12.1 Å². The van der Waals surface area contributed by atoms with Crippen molar-refractivity contribution in [3.05, 3.63) is 29.8 Å². The molecule has 24 heavy (non-hydrogen) atoms. The average Bonchev–Trinajstić information content (AvgIpc) is 2.90. The van der Waals surface area contributed by atoms with Crippen LogP contribution >= 0.6 is 0 Å². The lowest BCUT2D eigenvalue weighted by atomic mass is 9.98. The van der Waals surface area contributed by atoms with Gasteiger partial charge in [0.1, 0.15) is 12.4 Å². The minimum Gasteiger partial charge on any atom is -0.491 e. The maximum atomic E-state index is 12.6. The Hall–Kier alpha value is -1.80. The van der Waals surface area contributed by atoms with Gasteiger partial charge in [-0.2, -0.15) is 13.2 Å². The predicted octanol–water partition coefficient (Wildman–Crippen LogP) is 2.83. The number of oxime groups is 1. The Kier molecular flexibility index (Phi) is 6.06. The Bertz CT molecular complexity index is 577. The summed E-state index contributed by atoms with van der Waals surface area (Å²) in [6, 6.07) is 4.47. The minimum atomic E-state index is -4.44. The Morgan fingerprint density at radius 3 is 2.75 bits per heavy atom. The lowest BCUT2D eigenvalue weighted by Crippen LogP contribution is -2.20. The third kappa shape index (κ3) is 5.10. The second-order valence-corrected chi connectivity index (χ2v) is 5.95. The number of benzene rings is 1. The van der Waals surface area contributed by atoms with Crippen LogP contribution in [-0.4, -0.2) is 39.9 Å². The highest BCUT2D eigenvalue weighted by Crippen LogP contribution is 2.31. The first kappa shape index (κ1) is 18.5. The zero-order chi connectivity index (χ0) is 17.7. The fourth-order valence-corrected chi connectivity index (χ4v) is 2.79. The molecule has 0 radical (unpaired) electrons. The van der Waals surface area contributed by atoms with Gasteiger partial charge >= 0.3 is 6.18 Å². The molecule has 0 heterocycles. The predicted molar refractivity (Wildman–Crippen MR) is 80.1 cm³/mol. The highest BCUT2D eigenvalue weighted by Gasteiger charge is 2.31. The molecule has 1 saturated carbocycles. The number of alkyl halides is 3. The minimum absolute atomic E-state index is 0.0396. The van der Waals surface area contributed by atoms with E-state index in [1.807, 2.05) is 0 Å². The number of aliphatic hydroxyl groups is 2. The third-order valence-corrected chi connectivity index (χ3v) is 4.05. The Labute approximate surface area is 137 Å². The zero-order valence-corrected chi connectivity index (χ0v) is 12.9. The molecule has 0 spiro atoms. The molecule has 1 aromatic rings. The molecule has 1 aliphatic carbocycles. The highest BCUT2D eigenvalue weighted by atomic mass is 19.4. The van der Waals surface area contributed by atoms with Crippen LogP contribution < -0.4 is 4.74 Å². The fraction of sp³-hybridized carbons (Fsp3) is 0.562. The van der Waals surface area contributed by atoms with Crippen LogP contribution in [0.15, 0.2) is 29.4 Å². The van der Waals surface area contributed by atoms with Crippen LogP contribution in [-0.2, 0) is 6.18 Å². The van der Waals surface area contributed by atoms with Crippen LogP contribution in [0, 0.1) is 5.92 Å². The summed E-state index contributed by atoms with van der Waals surface area (Å²) in [4.78, 5) is 0. The van der Waals surface area contributed by atoms with Gasteiger partial charge < -0.3 is 20.2 Å². The van der Waals surface area contributed by atoms with Crippen molar-refractivity contribution in [3.8, 4) is 5.75 Å². The van der Waals surface area contributed by atoms with E-state index >= 15 is 0 Å². The molecule has 0 aromatic heterocycles. The standard InChI is InChI=1S/C16H20F3NO4/c17-16(18,19)11-2-1-3-14(7-11)24-9-12(21)5-4-10-6-13(22)8-15(10)20-23/h1-3,7,10,12-13,21-23H,4-6,8-9H2/b20-15-/t10?,12-,13-/m1/s1. The van der Waals surface area contributed by atoms with Crippen molar-refractivity contribution in [1.29, 1.82) is 0 Å². The van der Waals surface area contributed by atoms with Crippen molar-refractivity contribution >= 4 is 5.71 Å². The largest absolute Gasteiger partial charge is 0.491 e. The monoisotopic (exact) mass is 347 g/mol. The van der Waals surface area contributed by atoms with Gasteiger partial charge in [0.15, 0.2) is 0 Å². The summed E-state index contributed by atoms with van der Waals surface area (Å²) < 4.78 is 43.0. The molecule has 5 nitrogen and oxygen atoms in total. The van der Waals surface area contributed by atoms with Gasteiger partial charge in [-0.05, 0) is 37.5 Å². The summed E-state index contributed by atoms with van der Waals surface area (Å²) in [5, 5.41) is 31.5. The fourth-order valence-electron chi connectivity index (χ4n) is 2.79.